The average Bonchev–Trinajstić information content (AvgIpc) is 3.30. The quantitative estimate of drug-likeness (QED) is 0.460. The minimum absolute atomic E-state index is 0.0636. The molecular formula is C26H24F4N4O3. The van der Waals surface area contributed by atoms with Crippen molar-refractivity contribution in [3.05, 3.63) is 95.8 Å². The summed E-state index contributed by atoms with van der Waals surface area (Å²) in [7, 11) is 0. The summed E-state index contributed by atoms with van der Waals surface area (Å²) in [6.07, 6.45) is 1.45. The highest BCUT2D eigenvalue weighted by molar-refractivity contribution is 5.86. The number of halogens is 4. The van der Waals surface area contributed by atoms with Gasteiger partial charge in [-0.3, -0.25) is 15.0 Å². The van der Waals surface area contributed by atoms with E-state index >= 15 is 0 Å². The molecule has 0 radical (unpaired) electrons. The molecule has 5 unspecified atom stereocenters. The van der Waals surface area contributed by atoms with Crippen LogP contribution in [0.15, 0.2) is 89.2 Å². The molecule has 7 nitrogen and oxygen atoms in total. The summed E-state index contributed by atoms with van der Waals surface area (Å²) in [5.74, 6) is -5.16. The monoisotopic (exact) mass is 516 g/mol. The fourth-order valence-electron chi connectivity index (χ4n) is 5.00. The van der Waals surface area contributed by atoms with Crippen LogP contribution in [0.5, 0.6) is 0 Å². The lowest BCUT2D eigenvalue weighted by molar-refractivity contribution is -0.172. The summed E-state index contributed by atoms with van der Waals surface area (Å²) in [6.45, 7) is 1.47. The molecule has 0 fully saturated rings. The van der Waals surface area contributed by atoms with E-state index in [0.29, 0.717) is 0 Å². The Hall–Kier alpha value is -4.02. The van der Waals surface area contributed by atoms with Gasteiger partial charge in [0.2, 0.25) is 5.91 Å². The van der Waals surface area contributed by atoms with Crippen LogP contribution in [0, 0.1) is 11.2 Å². The second-order valence-corrected chi connectivity index (χ2v) is 9.06. The number of hydrogen-bond donors (Lipinski definition) is 3. The van der Waals surface area contributed by atoms with Crippen LogP contribution < -0.4 is 10.7 Å². The maximum atomic E-state index is 14.8. The predicted molar refractivity (Wildman–Crippen MR) is 126 cm³/mol. The zero-order valence-corrected chi connectivity index (χ0v) is 19.6. The Balaban J connectivity index is 1.81. The number of benzene rings is 2. The Morgan fingerprint density at radius 1 is 1.11 bits per heavy atom. The molecule has 37 heavy (non-hydrogen) atoms. The molecule has 0 saturated heterocycles. The molecule has 11 heteroatoms. The van der Waals surface area contributed by atoms with Gasteiger partial charge in [0.15, 0.2) is 6.04 Å². The first-order valence-electron chi connectivity index (χ1n) is 11.5. The third-order valence-corrected chi connectivity index (χ3v) is 6.95. The first-order chi connectivity index (χ1) is 17.5. The van der Waals surface area contributed by atoms with Gasteiger partial charge in [0.1, 0.15) is 22.7 Å². The van der Waals surface area contributed by atoms with Crippen LogP contribution >= 0.6 is 0 Å². The summed E-state index contributed by atoms with van der Waals surface area (Å²) in [4.78, 5) is 25.8. The molecule has 1 aliphatic carbocycles. The van der Waals surface area contributed by atoms with Crippen molar-refractivity contribution in [2.75, 3.05) is 0 Å². The molecule has 4 rings (SSSR count). The number of hydrogen-bond acceptors (Lipinski definition) is 5. The van der Waals surface area contributed by atoms with E-state index in [4.69, 9.17) is 0 Å². The van der Waals surface area contributed by atoms with Crippen molar-refractivity contribution in [1.82, 2.24) is 10.7 Å². The number of alkyl halides is 3. The maximum absolute atomic E-state index is 14.8. The van der Waals surface area contributed by atoms with Gasteiger partial charge in [-0.05, 0) is 36.6 Å². The van der Waals surface area contributed by atoms with Gasteiger partial charge in [-0.15, -0.1) is 0 Å². The van der Waals surface area contributed by atoms with E-state index in [9.17, 15) is 32.3 Å². The number of allylic oxidation sites excluding steroid dienone is 3. The Bertz CT molecular complexity index is 1250. The molecule has 2 aliphatic rings. The molecule has 1 aliphatic heterocycles. The fourth-order valence-corrected chi connectivity index (χ4v) is 5.00. The molecule has 1 heterocycles. The second-order valence-electron chi connectivity index (χ2n) is 9.06. The zero-order valence-electron chi connectivity index (χ0n) is 19.6. The lowest BCUT2D eigenvalue weighted by atomic mass is 9.69. The summed E-state index contributed by atoms with van der Waals surface area (Å²) in [6, 6.07) is 8.49. The maximum Gasteiger partial charge on any atom is 0.398 e. The van der Waals surface area contributed by atoms with Gasteiger partial charge in [0.25, 0.3) is 0 Å². The van der Waals surface area contributed by atoms with Crippen LogP contribution in [0.25, 0.3) is 0 Å². The molecular weight excluding hydrogens is 492 g/mol. The van der Waals surface area contributed by atoms with Crippen molar-refractivity contribution in [1.29, 1.82) is 0 Å². The van der Waals surface area contributed by atoms with Crippen molar-refractivity contribution < 1.29 is 32.3 Å². The van der Waals surface area contributed by atoms with Gasteiger partial charge >= 0.3 is 12.1 Å². The molecule has 3 N–H and O–H groups in total. The molecule has 5 atom stereocenters. The van der Waals surface area contributed by atoms with Crippen LogP contribution in [0.1, 0.15) is 30.4 Å². The van der Waals surface area contributed by atoms with E-state index in [2.05, 4.69) is 21.1 Å². The molecule has 2 aromatic carbocycles. The van der Waals surface area contributed by atoms with Crippen molar-refractivity contribution >= 4 is 11.9 Å². The SMILES string of the molecule is CC(NC(=O)C1N=NNC1(c1ccc(F)cc1)C(c1ccccc1)C(F)(F)F)C1(C(=O)O)C=CC=CC1. The van der Waals surface area contributed by atoms with Gasteiger partial charge in [-0.1, -0.05) is 72.0 Å². The molecule has 0 aromatic heterocycles. The predicted octanol–water partition coefficient (Wildman–Crippen LogP) is 4.80. The molecule has 2 aromatic rings. The first kappa shape index (κ1) is 26.1. The third-order valence-electron chi connectivity index (χ3n) is 6.95. The van der Waals surface area contributed by atoms with E-state index < -0.39 is 52.8 Å². The lowest BCUT2D eigenvalue weighted by Crippen LogP contribution is -2.60. The van der Waals surface area contributed by atoms with Crippen LogP contribution in [0.3, 0.4) is 0 Å². The van der Waals surface area contributed by atoms with Gasteiger partial charge in [-0.2, -0.15) is 18.3 Å². The van der Waals surface area contributed by atoms with Gasteiger partial charge in [0.05, 0.1) is 0 Å². The number of carboxylic acid groups (broad SMARTS) is 1. The van der Waals surface area contributed by atoms with Gasteiger partial charge in [0, 0.05) is 6.04 Å². The topological polar surface area (TPSA) is 103 Å². The van der Waals surface area contributed by atoms with Crippen molar-refractivity contribution in [3.8, 4) is 0 Å². The summed E-state index contributed by atoms with van der Waals surface area (Å²) < 4.78 is 58.2. The Labute approximate surface area is 210 Å². The number of carboxylic acids is 1. The standard InChI is InChI=1S/C26H24F4N4O3/c1-16(24(23(36)37)14-6-3-7-15-24)31-22(35)21-25(33-34-32-21,18-10-12-19(27)13-11-18)20(26(28,29)30)17-8-4-2-5-9-17/h2-14,16,20-21H,15H2,1H3,(H,31,35)(H,32,33)(H,36,37). The normalized spacial score (nSPS) is 26.4. The highest BCUT2D eigenvalue weighted by Crippen LogP contribution is 2.51. The Kier molecular flexibility index (Phi) is 6.90. The van der Waals surface area contributed by atoms with Gasteiger partial charge < -0.3 is 10.4 Å². The number of nitrogens with one attached hydrogen (secondary N) is 2. The van der Waals surface area contributed by atoms with Crippen molar-refractivity contribution in [2.24, 2.45) is 15.8 Å². The molecule has 0 spiro atoms. The first-order valence-corrected chi connectivity index (χ1v) is 11.5. The lowest BCUT2D eigenvalue weighted by Gasteiger charge is -2.41. The number of nitrogens with zero attached hydrogens (tertiary/aromatic N) is 2. The second kappa shape index (κ2) is 9.79. The highest BCUT2D eigenvalue weighted by Gasteiger charge is 2.63. The number of carbonyl (C=O) groups excluding carboxylic acids is 1. The summed E-state index contributed by atoms with van der Waals surface area (Å²) >= 11 is 0. The molecule has 1 amide bonds. The zero-order chi connectivity index (χ0) is 26.8. The van der Waals surface area contributed by atoms with Gasteiger partial charge in [-0.25, -0.2) is 4.39 Å². The van der Waals surface area contributed by atoms with Crippen LogP contribution in [-0.2, 0) is 15.1 Å². The molecule has 194 valence electrons. The van der Waals surface area contributed by atoms with E-state index in [-0.39, 0.29) is 17.5 Å². The minimum atomic E-state index is -4.89. The summed E-state index contributed by atoms with van der Waals surface area (Å²) in [5.41, 5.74) is -1.57. The Morgan fingerprint density at radius 3 is 2.35 bits per heavy atom. The van der Waals surface area contributed by atoms with Crippen molar-refractivity contribution in [2.45, 2.75) is 43.1 Å². The number of rotatable bonds is 7. The number of aliphatic carboxylic acids is 1. The fraction of sp³-hybridized carbons (Fsp3) is 0.308. The van der Waals surface area contributed by atoms with E-state index in [1.54, 1.807) is 18.2 Å². The van der Waals surface area contributed by atoms with E-state index in [1.807, 2.05) is 0 Å². The smallest absolute Gasteiger partial charge is 0.398 e. The van der Waals surface area contributed by atoms with Crippen LogP contribution in [-0.4, -0.2) is 35.2 Å². The highest BCUT2D eigenvalue weighted by atomic mass is 19.4. The largest absolute Gasteiger partial charge is 0.481 e. The minimum Gasteiger partial charge on any atom is -0.481 e. The van der Waals surface area contributed by atoms with Crippen LogP contribution in [0.2, 0.25) is 0 Å². The number of amides is 1. The van der Waals surface area contributed by atoms with Crippen molar-refractivity contribution in [3.63, 3.8) is 0 Å². The number of carbonyl (C=O) groups is 2. The van der Waals surface area contributed by atoms with E-state index in [0.717, 1.165) is 24.3 Å². The van der Waals surface area contributed by atoms with E-state index in [1.165, 1.54) is 43.3 Å². The average molecular weight is 516 g/mol. The Morgan fingerprint density at radius 2 is 1.78 bits per heavy atom. The molecule has 0 saturated carbocycles. The van der Waals surface area contributed by atoms with Crippen LogP contribution in [0.4, 0.5) is 17.6 Å². The molecule has 0 bridgehead atoms. The third kappa shape index (κ3) is 4.61. The summed E-state index contributed by atoms with van der Waals surface area (Å²) in [5, 5.41) is 20.0.